The van der Waals surface area contributed by atoms with Crippen LogP contribution in [0.15, 0.2) is 16.8 Å². The van der Waals surface area contributed by atoms with Gasteiger partial charge in [0, 0.05) is 13.2 Å². The van der Waals surface area contributed by atoms with Gasteiger partial charge in [0.2, 0.25) is 5.91 Å². The molecule has 4 nitrogen and oxygen atoms in total. The molecule has 2 fully saturated rings. The number of fused-ring (bicyclic) bond motifs is 1. The highest BCUT2D eigenvalue weighted by molar-refractivity contribution is 7.07. The third-order valence-corrected chi connectivity index (χ3v) is 5.38. The van der Waals surface area contributed by atoms with E-state index in [0.29, 0.717) is 18.9 Å². The number of amides is 1. The summed E-state index contributed by atoms with van der Waals surface area (Å²) in [5.74, 6) is 0.803. The maximum absolute atomic E-state index is 12.5. The van der Waals surface area contributed by atoms with Crippen LogP contribution in [0.3, 0.4) is 0 Å². The van der Waals surface area contributed by atoms with Crippen molar-refractivity contribution in [3.05, 3.63) is 22.4 Å². The lowest BCUT2D eigenvalue weighted by atomic mass is 9.99. The summed E-state index contributed by atoms with van der Waals surface area (Å²) in [7, 11) is 0. The first-order valence-electron chi connectivity index (χ1n) is 8.67. The van der Waals surface area contributed by atoms with Crippen molar-refractivity contribution in [1.82, 2.24) is 4.90 Å². The van der Waals surface area contributed by atoms with Crippen molar-refractivity contribution in [2.75, 3.05) is 19.8 Å². The number of carbonyl (C=O) groups excluding carboxylic acids is 1. The largest absolute Gasteiger partial charge is 0.378 e. The third-order valence-electron chi connectivity index (χ3n) is 4.65. The van der Waals surface area contributed by atoms with Gasteiger partial charge in [-0.15, -0.1) is 0 Å². The Hall–Kier alpha value is -0.910. The van der Waals surface area contributed by atoms with Gasteiger partial charge in [0.15, 0.2) is 0 Å². The average Bonchev–Trinajstić information content (AvgIpc) is 3.15. The third kappa shape index (κ3) is 4.34. The van der Waals surface area contributed by atoms with Crippen LogP contribution < -0.4 is 0 Å². The van der Waals surface area contributed by atoms with Gasteiger partial charge in [-0.1, -0.05) is 13.8 Å². The van der Waals surface area contributed by atoms with Crippen molar-refractivity contribution in [2.45, 2.75) is 57.8 Å². The number of carbonyl (C=O) groups is 1. The summed E-state index contributed by atoms with van der Waals surface area (Å²) < 4.78 is 11.9. The van der Waals surface area contributed by atoms with Crippen LogP contribution in [0, 0.1) is 5.92 Å². The van der Waals surface area contributed by atoms with Gasteiger partial charge in [-0.05, 0) is 47.6 Å². The van der Waals surface area contributed by atoms with E-state index in [2.05, 4.69) is 19.2 Å². The number of likely N-dealkylation sites (tertiary alicyclic amines) is 1. The van der Waals surface area contributed by atoms with Gasteiger partial charge in [0.05, 0.1) is 31.3 Å². The minimum atomic E-state index is 0.196. The summed E-state index contributed by atoms with van der Waals surface area (Å²) in [5, 5.41) is 4.09. The quantitative estimate of drug-likeness (QED) is 0.800. The SMILES string of the molecule is CC(C)COC[C@@H]1CC[C@H]2[C@H](CCN2C(=O)Cc2ccsc2)O1. The van der Waals surface area contributed by atoms with E-state index < -0.39 is 0 Å². The fraction of sp³-hybridized carbons (Fsp3) is 0.722. The van der Waals surface area contributed by atoms with Crippen molar-refractivity contribution in [3.63, 3.8) is 0 Å². The maximum Gasteiger partial charge on any atom is 0.227 e. The lowest BCUT2D eigenvalue weighted by Crippen LogP contribution is -2.46. The summed E-state index contributed by atoms with van der Waals surface area (Å²) >= 11 is 1.65. The second kappa shape index (κ2) is 7.77. The Labute approximate surface area is 142 Å². The molecule has 0 unspecified atom stereocenters. The van der Waals surface area contributed by atoms with Crippen molar-refractivity contribution in [2.24, 2.45) is 5.92 Å². The Kier molecular flexibility index (Phi) is 5.72. The Morgan fingerprint density at radius 2 is 2.30 bits per heavy atom. The second-order valence-electron chi connectivity index (χ2n) is 7.06. The van der Waals surface area contributed by atoms with Crippen molar-refractivity contribution < 1.29 is 14.3 Å². The minimum Gasteiger partial charge on any atom is -0.378 e. The smallest absolute Gasteiger partial charge is 0.227 e. The summed E-state index contributed by atoms with van der Waals surface area (Å²) in [5.41, 5.74) is 1.13. The molecule has 1 aromatic rings. The highest BCUT2D eigenvalue weighted by Gasteiger charge is 2.41. The Bertz CT molecular complexity index is 502. The highest BCUT2D eigenvalue weighted by atomic mass is 32.1. The van der Waals surface area contributed by atoms with Gasteiger partial charge >= 0.3 is 0 Å². The van der Waals surface area contributed by atoms with E-state index in [1.165, 1.54) is 0 Å². The van der Waals surface area contributed by atoms with Gasteiger partial charge in [0.25, 0.3) is 0 Å². The van der Waals surface area contributed by atoms with Gasteiger partial charge in [-0.3, -0.25) is 4.79 Å². The van der Waals surface area contributed by atoms with E-state index in [-0.39, 0.29) is 24.2 Å². The molecular formula is C18H27NO3S. The van der Waals surface area contributed by atoms with Crippen LogP contribution in [0.2, 0.25) is 0 Å². The number of thiophene rings is 1. The Morgan fingerprint density at radius 1 is 1.43 bits per heavy atom. The molecule has 128 valence electrons. The van der Waals surface area contributed by atoms with Crippen LogP contribution in [0.5, 0.6) is 0 Å². The van der Waals surface area contributed by atoms with Crippen molar-refractivity contribution in [1.29, 1.82) is 0 Å². The molecule has 3 atom stereocenters. The van der Waals surface area contributed by atoms with Gasteiger partial charge < -0.3 is 14.4 Å². The molecule has 1 aromatic heterocycles. The van der Waals surface area contributed by atoms with Crippen LogP contribution in [-0.4, -0.2) is 48.8 Å². The molecule has 0 aliphatic carbocycles. The van der Waals surface area contributed by atoms with Crippen LogP contribution >= 0.6 is 11.3 Å². The molecule has 0 radical (unpaired) electrons. The maximum atomic E-state index is 12.5. The summed E-state index contributed by atoms with van der Waals surface area (Å²) in [4.78, 5) is 14.6. The zero-order valence-corrected chi connectivity index (χ0v) is 14.9. The number of nitrogens with zero attached hydrogens (tertiary/aromatic N) is 1. The van der Waals surface area contributed by atoms with Crippen molar-refractivity contribution in [3.8, 4) is 0 Å². The average molecular weight is 337 g/mol. The predicted molar refractivity (Wildman–Crippen MR) is 91.7 cm³/mol. The van der Waals surface area contributed by atoms with Crippen LogP contribution in [0.1, 0.15) is 38.7 Å². The molecule has 2 saturated heterocycles. The Morgan fingerprint density at radius 3 is 3.04 bits per heavy atom. The van der Waals surface area contributed by atoms with E-state index in [1.807, 2.05) is 16.3 Å². The lowest BCUT2D eigenvalue weighted by Gasteiger charge is -2.36. The fourth-order valence-electron chi connectivity index (χ4n) is 3.53. The molecule has 1 amide bonds. The summed E-state index contributed by atoms with van der Waals surface area (Å²) in [6.45, 7) is 6.62. The molecule has 0 N–H and O–H groups in total. The fourth-order valence-corrected chi connectivity index (χ4v) is 4.20. The molecule has 2 aliphatic rings. The molecule has 0 bridgehead atoms. The minimum absolute atomic E-state index is 0.196. The molecule has 5 heteroatoms. The molecular weight excluding hydrogens is 310 g/mol. The predicted octanol–water partition coefficient (Wildman–Crippen LogP) is 3.11. The molecule has 3 heterocycles. The van der Waals surface area contributed by atoms with Crippen molar-refractivity contribution >= 4 is 17.2 Å². The summed E-state index contributed by atoms with van der Waals surface area (Å²) in [6, 6.07) is 2.30. The molecule has 23 heavy (non-hydrogen) atoms. The normalized spacial score (nSPS) is 27.4. The zero-order chi connectivity index (χ0) is 16.2. The van der Waals surface area contributed by atoms with E-state index in [1.54, 1.807) is 11.3 Å². The monoisotopic (exact) mass is 337 g/mol. The van der Waals surface area contributed by atoms with E-state index in [4.69, 9.17) is 9.47 Å². The standard InChI is InChI=1S/C18H27NO3S/c1-13(2)10-21-11-15-3-4-16-17(22-15)5-7-19(16)18(20)9-14-6-8-23-12-14/h6,8,12-13,15-17H,3-5,7,9-11H2,1-2H3/t15-,16-,17-/m0/s1. The number of hydrogen-bond acceptors (Lipinski definition) is 4. The first-order valence-corrected chi connectivity index (χ1v) is 9.61. The van der Waals surface area contributed by atoms with Gasteiger partial charge in [-0.2, -0.15) is 11.3 Å². The summed E-state index contributed by atoms with van der Waals surface area (Å²) in [6.07, 6.45) is 3.90. The topological polar surface area (TPSA) is 38.8 Å². The number of hydrogen-bond donors (Lipinski definition) is 0. The van der Waals surface area contributed by atoms with Crippen LogP contribution in [-0.2, 0) is 20.7 Å². The highest BCUT2D eigenvalue weighted by Crippen LogP contribution is 2.32. The molecule has 0 saturated carbocycles. The Balaban J connectivity index is 1.48. The number of ether oxygens (including phenoxy) is 2. The van der Waals surface area contributed by atoms with Gasteiger partial charge in [0.1, 0.15) is 0 Å². The first-order chi connectivity index (χ1) is 11.1. The van der Waals surface area contributed by atoms with E-state index >= 15 is 0 Å². The number of rotatable bonds is 6. The lowest BCUT2D eigenvalue weighted by molar-refractivity contribution is -0.138. The first kappa shape index (κ1) is 16.9. The van der Waals surface area contributed by atoms with Crippen LogP contribution in [0.4, 0.5) is 0 Å². The molecule has 2 aliphatic heterocycles. The molecule has 3 rings (SSSR count). The van der Waals surface area contributed by atoms with E-state index in [9.17, 15) is 4.79 Å². The van der Waals surface area contributed by atoms with E-state index in [0.717, 1.165) is 38.0 Å². The molecule has 0 spiro atoms. The zero-order valence-electron chi connectivity index (χ0n) is 14.1. The van der Waals surface area contributed by atoms with Crippen LogP contribution in [0.25, 0.3) is 0 Å². The molecule has 0 aromatic carbocycles. The second-order valence-corrected chi connectivity index (χ2v) is 7.84. The van der Waals surface area contributed by atoms with Gasteiger partial charge in [-0.25, -0.2) is 0 Å².